The van der Waals surface area contributed by atoms with Crippen molar-refractivity contribution in [3.63, 3.8) is 0 Å². The first kappa shape index (κ1) is 16.2. The van der Waals surface area contributed by atoms with E-state index in [0.717, 1.165) is 0 Å². The largest absolute Gasteiger partial charge is 0.454 e. The molecule has 6 nitrogen and oxygen atoms in total. The molecule has 3 rings (SSSR count). The molecular weight excluding hydrogens is 339 g/mol. The SMILES string of the molecule is Cc1cc(COC(=O)c2c(-c3c(F)cccc3Cl)noc2C)on1. The quantitative estimate of drug-likeness (QED) is 0.659. The van der Waals surface area contributed by atoms with Gasteiger partial charge < -0.3 is 13.8 Å². The molecule has 124 valence electrons. The molecule has 0 saturated heterocycles. The van der Waals surface area contributed by atoms with Crippen LogP contribution in [0.5, 0.6) is 0 Å². The zero-order valence-corrected chi connectivity index (χ0v) is 13.6. The monoisotopic (exact) mass is 350 g/mol. The molecule has 1 aromatic carbocycles. The Morgan fingerprint density at radius 3 is 2.75 bits per heavy atom. The van der Waals surface area contributed by atoms with Gasteiger partial charge in [-0.25, -0.2) is 9.18 Å². The minimum absolute atomic E-state index is 0.00523. The Labute approximate surface area is 141 Å². The van der Waals surface area contributed by atoms with Gasteiger partial charge in [0.2, 0.25) is 0 Å². The molecule has 8 heteroatoms. The summed E-state index contributed by atoms with van der Waals surface area (Å²) in [4.78, 5) is 12.4. The number of benzene rings is 1. The number of esters is 1. The van der Waals surface area contributed by atoms with Gasteiger partial charge in [-0.1, -0.05) is 28.0 Å². The van der Waals surface area contributed by atoms with Crippen LogP contribution in [0.1, 0.15) is 27.6 Å². The Bertz CT molecular complexity index is 883. The van der Waals surface area contributed by atoms with Crippen LogP contribution in [0.4, 0.5) is 4.39 Å². The second-order valence-corrected chi connectivity index (χ2v) is 5.48. The van der Waals surface area contributed by atoms with E-state index in [-0.39, 0.29) is 34.2 Å². The van der Waals surface area contributed by atoms with Gasteiger partial charge in [-0.15, -0.1) is 0 Å². The van der Waals surface area contributed by atoms with Gasteiger partial charge in [0, 0.05) is 6.07 Å². The van der Waals surface area contributed by atoms with Gasteiger partial charge in [-0.3, -0.25) is 0 Å². The number of hydrogen-bond donors (Lipinski definition) is 0. The van der Waals surface area contributed by atoms with Crippen LogP contribution in [0.2, 0.25) is 5.02 Å². The van der Waals surface area contributed by atoms with Crippen LogP contribution >= 0.6 is 11.6 Å². The Hall–Kier alpha value is -2.67. The summed E-state index contributed by atoms with van der Waals surface area (Å²) in [7, 11) is 0. The highest BCUT2D eigenvalue weighted by Crippen LogP contribution is 2.33. The van der Waals surface area contributed by atoms with Gasteiger partial charge in [0.1, 0.15) is 22.8 Å². The molecule has 0 spiro atoms. The van der Waals surface area contributed by atoms with Crippen molar-refractivity contribution in [1.82, 2.24) is 10.3 Å². The van der Waals surface area contributed by atoms with Crippen LogP contribution in [0.3, 0.4) is 0 Å². The van der Waals surface area contributed by atoms with Crippen LogP contribution in [0.15, 0.2) is 33.3 Å². The van der Waals surface area contributed by atoms with E-state index in [1.54, 1.807) is 13.0 Å². The van der Waals surface area contributed by atoms with Gasteiger partial charge in [0.25, 0.3) is 0 Å². The van der Waals surface area contributed by atoms with E-state index < -0.39 is 11.8 Å². The zero-order chi connectivity index (χ0) is 17.3. The van der Waals surface area contributed by atoms with E-state index in [0.29, 0.717) is 11.5 Å². The summed E-state index contributed by atoms with van der Waals surface area (Å²) < 4.78 is 29.3. The number of aromatic nitrogens is 2. The maximum absolute atomic E-state index is 14.1. The molecule has 0 fully saturated rings. The maximum atomic E-state index is 14.1. The van der Waals surface area contributed by atoms with E-state index in [1.165, 1.54) is 25.1 Å². The van der Waals surface area contributed by atoms with E-state index >= 15 is 0 Å². The minimum atomic E-state index is -0.725. The highest BCUT2D eigenvalue weighted by atomic mass is 35.5. The Morgan fingerprint density at radius 2 is 2.08 bits per heavy atom. The summed E-state index contributed by atoms with van der Waals surface area (Å²) >= 11 is 6.03. The first-order chi connectivity index (χ1) is 11.5. The molecule has 0 unspecified atom stereocenters. The van der Waals surface area contributed by atoms with Gasteiger partial charge >= 0.3 is 5.97 Å². The lowest BCUT2D eigenvalue weighted by molar-refractivity contribution is 0.0436. The molecule has 2 heterocycles. The smallest absolute Gasteiger partial charge is 0.344 e. The van der Waals surface area contributed by atoms with E-state index in [1.807, 2.05) is 0 Å². The molecule has 24 heavy (non-hydrogen) atoms. The molecule has 0 atom stereocenters. The number of nitrogens with zero attached hydrogens (tertiary/aromatic N) is 2. The lowest BCUT2D eigenvalue weighted by Gasteiger charge is -2.05. The summed E-state index contributed by atoms with van der Waals surface area (Å²) in [6.07, 6.45) is 0. The number of aryl methyl sites for hydroxylation is 2. The number of hydrogen-bond acceptors (Lipinski definition) is 6. The molecule has 3 aromatic rings. The molecule has 2 aromatic heterocycles. The molecule has 0 amide bonds. The molecule has 0 aliphatic rings. The zero-order valence-electron chi connectivity index (χ0n) is 12.8. The number of halogens is 2. The van der Waals surface area contributed by atoms with Crippen molar-refractivity contribution in [3.8, 4) is 11.3 Å². The molecule has 0 radical (unpaired) electrons. The average molecular weight is 351 g/mol. The van der Waals surface area contributed by atoms with Crippen LogP contribution in [0, 0.1) is 19.7 Å². The van der Waals surface area contributed by atoms with Gasteiger partial charge in [0.05, 0.1) is 16.3 Å². The summed E-state index contributed by atoms with van der Waals surface area (Å²) in [5, 5.41) is 7.56. The Morgan fingerprint density at radius 1 is 1.29 bits per heavy atom. The predicted octanol–water partition coefficient (Wildman–Crippen LogP) is 4.10. The van der Waals surface area contributed by atoms with Crippen molar-refractivity contribution in [2.24, 2.45) is 0 Å². The fraction of sp³-hybridized carbons (Fsp3) is 0.188. The Balaban J connectivity index is 1.91. The van der Waals surface area contributed by atoms with Gasteiger partial charge in [-0.05, 0) is 26.0 Å². The van der Waals surface area contributed by atoms with Gasteiger partial charge in [0.15, 0.2) is 12.4 Å². The van der Waals surface area contributed by atoms with Crippen molar-refractivity contribution < 1.29 is 23.0 Å². The first-order valence-electron chi connectivity index (χ1n) is 6.97. The van der Waals surface area contributed by atoms with Crippen LogP contribution < -0.4 is 0 Å². The minimum Gasteiger partial charge on any atom is -0.454 e. The summed E-state index contributed by atoms with van der Waals surface area (Å²) in [6, 6.07) is 5.81. The molecular formula is C16H12ClFN2O4. The predicted molar refractivity (Wildman–Crippen MR) is 82.0 cm³/mol. The van der Waals surface area contributed by atoms with Crippen molar-refractivity contribution in [2.75, 3.05) is 0 Å². The van der Waals surface area contributed by atoms with Crippen LogP contribution in [-0.2, 0) is 11.3 Å². The van der Waals surface area contributed by atoms with Crippen molar-refractivity contribution >= 4 is 17.6 Å². The first-order valence-corrected chi connectivity index (χ1v) is 7.35. The average Bonchev–Trinajstić information content (AvgIpc) is 3.11. The number of carbonyl (C=O) groups excluding carboxylic acids is 1. The van der Waals surface area contributed by atoms with Gasteiger partial charge in [-0.2, -0.15) is 0 Å². The van der Waals surface area contributed by atoms with E-state index in [2.05, 4.69) is 10.3 Å². The summed E-state index contributed by atoms with van der Waals surface area (Å²) in [5.74, 6) is -0.753. The van der Waals surface area contributed by atoms with Crippen molar-refractivity contribution in [1.29, 1.82) is 0 Å². The topological polar surface area (TPSA) is 78.4 Å². The fourth-order valence-electron chi connectivity index (χ4n) is 2.20. The van der Waals surface area contributed by atoms with Crippen molar-refractivity contribution in [3.05, 3.63) is 57.9 Å². The third-order valence-electron chi connectivity index (χ3n) is 3.29. The fourth-order valence-corrected chi connectivity index (χ4v) is 2.45. The highest BCUT2D eigenvalue weighted by Gasteiger charge is 2.26. The normalized spacial score (nSPS) is 10.8. The summed E-state index contributed by atoms with van der Waals surface area (Å²) in [5.41, 5.74) is 0.659. The molecule has 0 saturated carbocycles. The molecule has 0 bridgehead atoms. The number of carbonyl (C=O) groups is 1. The van der Waals surface area contributed by atoms with E-state index in [4.69, 9.17) is 25.4 Å². The molecule has 0 aliphatic heterocycles. The third kappa shape index (κ3) is 3.03. The van der Waals surface area contributed by atoms with Crippen LogP contribution in [-0.4, -0.2) is 16.3 Å². The maximum Gasteiger partial charge on any atom is 0.344 e. The molecule has 0 aliphatic carbocycles. The van der Waals surface area contributed by atoms with Crippen molar-refractivity contribution in [2.45, 2.75) is 20.5 Å². The Kier molecular flexibility index (Phi) is 4.35. The van der Waals surface area contributed by atoms with E-state index in [9.17, 15) is 9.18 Å². The third-order valence-corrected chi connectivity index (χ3v) is 3.60. The van der Waals surface area contributed by atoms with Crippen LogP contribution in [0.25, 0.3) is 11.3 Å². The molecule has 0 N–H and O–H groups in total. The summed E-state index contributed by atoms with van der Waals surface area (Å²) in [6.45, 7) is 3.16. The highest BCUT2D eigenvalue weighted by molar-refractivity contribution is 6.33. The standard InChI is InChI=1S/C16H12ClFN2O4/c1-8-6-10(24-19-8)7-22-16(21)13-9(2)23-20-15(13)14-11(17)4-3-5-12(14)18/h3-6H,7H2,1-2H3. The lowest BCUT2D eigenvalue weighted by Crippen LogP contribution is -2.07. The number of rotatable bonds is 4. The lowest BCUT2D eigenvalue weighted by atomic mass is 10.1. The number of ether oxygens (including phenoxy) is 1. The second-order valence-electron chi connectivity index (χ2n) is 5.07. The second kappa shape index (κ2) is 6.45.